The van der Waals surface area contributed by atoms with Crippen molar-refractivity contribution in [1.82, 2.24) is 19.9 Å². The molecule has 1 saturated heterocycles. The van der Waals surface area contributed by atoms with Crippen molar-refractivity contribution in [3.8, 4) is 16.3 Å². The van der Waals surface area contributed by atoms with Crippen molar-refractivity contribution in [3.63, 3.8) is 0 Å². The zero-order valence-electron chi connectivity index (χ0n) is 17.4. The maximum atomic E-state index is 14.2. The number of likely N-dealkylation sites (tertiary alicyclic amines) is 1. The van der Waals surface area contributed by atoms with Crippen molar-refractivity contribution >= 4 is 23.6 Å². The number of rotatable bonds is 4. The van der Waals surface area contributed by atoms with Crippen LogP contribution in [0.5, 0.6) is 5.75 Å². The summed E-state index contributed by atoms with van der Waals surface area (Å²) in [5.74, 6) is -1.97. The van der Waals surface area contributed by atoms with E-state index in [1.807, 2.05) is 6.92 Å². The number of carbonyl (C=O) groups excluding carboxylic acids is 1. The fraction of sp³-hybridized carbons (Fsp3) is 0.273. The molecule has 1 fully saturated rings. The van der Waals surface area contributed by atoms with Crippen molar-refractivity contribution in [2.24, 2.45) is 5.10 Å². The van der Waals surface area contributed by atoms with Crippen LogP contribution in [0.15, 0.2) is 41.8 Å². The van der Waals surface area contributed by atoms with Crippen molar-refractivity contribution in [2.45, 2.75) is 25.5 Å². The van der Waals surface area contributed by atoms with Gasteiger partial charge in [-0.05, 0) is 24.6 Å². The van der Waals surface area contributed by atoms with Gasteiger partial charge in [0, 0.05) is 31.0 Å². The first-order valence-electron chi connectivity index (χ1n) is 10.2. The Morgan fingerprint density at radius 1 is 1.09 bits per heavy atom. The van der Waals surface area contributed by atoms with Gasteiger partial charge < -0.3 is 9.64 Å². The van der Waals surface area contributed by atoms with Crippen LogP contribution in [0.3, 0.4) is 0 Å². The predicted octanol–water partition coefficient (Wildman–Crippen LogP) is 4.55. The molecule has 1 atom stereocenters. The van der Waals surface area contributed by atoms with Crippen molar-refractivity contribution in [3.05, 3.63) is 64.7 Å². The number of urea groups is 1. The van der Waals surface area contributed by atoms with Crippen LogP contribution in [0.1, 0.15) is 23.0 Å². The molecular formula is C22H18F3N5O2S. The van der Waals surface area contributed by atoms with Gasteiger partial charge in [0.1, 0.15) is 17.7 Å². The summed E-state index contributed by atoms with van der Waals surface area (Å²) in [6.45, 7) is 2.33. The van der Waals surface area contributed by atoms with Gasteiger partial charge in [-0.1, -0.05) is 0 Å². The molecule has 2 aliphatic heterocycles. The Hall–Kier alpha value is -3.47. The van der Waals surface area contributed by atoms with Crippen LogP contribution in [-0.4, -0.2) is 51.3 Å². The second-order valence-electron chi connectivity index (χ2n) is 7.77. The SMILES string of the molecule is Cc1ncc(-c2cc(OC3CN(C(=O)N4N=CCC4c4cc(F)cc(F)c4)C3)c(F)cn2)s1. The molecule has 0 aliphatic carbocycles. The molecule has 4 heterocycles. The molecule has 1 unspecified atom stereocenters. The molecule has 5 rings (SSSR count). The lowest BCUT2D eigenvalue weighted by molar-refractivity contribution is 0.0256. The zero-order valence-corrected chi connectivity index (χ0v) is 18.2. The molecule has 33 heavy (non-hydrogen) atoms. The van der Waals surface area contributed by atoms with Gasteiger partial charge in [-0.15, -0.1) is 11.3 Å². The van der Waals surface area contributed by atoms with E-state index in [1.54, 1.807) is 6.20 Å². The summed E-state index contributed by atoms with van der Waals surface area (Å²) in [6, 6.07) is 3.69. The minimum Gasteiger partial charge on any atom is -0.483 e. The predicted molar refractivity (Wildman–Crippen MR) is 115 cm³/mol. The van der Waals surface area contributed by atoms with E-state index >= 15 is 0 Å². The highest BCUT2D eigenvalue weighted by molar-refractivity contribution is 7.15. The number of aromatic nitrogens is 2. The first-order chi connectivity index (χ1) is 15.9. The largest absolute Gasteiger partial charge is 0.483 e. The molecule has 0 bridgehead atoms. The number of hydrogen-bond acceptors (Lipinski definition) is 6. The normalized spacial score (nSPS) is 18.0. The molecule has 0 saturated carbocycles. The Balaban J connectivity index is 1.23. The van der Waals surface area contributed by atoms with Gasteiger partial charge in [0.25, 0.3) is 0 Å². The number of hydrogen-bond donors (Lipinski definition) is 0. The average Bonchev–Trinajstić information content (AvgIpc) is 3.40. The minimum absolute atomic E-state index is 0.0513. The van der Waals surface area contributed by atoms with Crippen LogP contribution in [0.2, 0.25) is 0 Å². The number of pyridine rings is 1. The molecule has 2 aromatic heterocycles. The maximum Gasteiger partial charge on any atom is 0.341 e. The zero-order chi connectivity index (χ0) is 23.1. The summed E-state index contributed by atoms with van der Waals surface area (Å²) in [4.78, 5) is 23.5. The summed E-state index contributed by atoms with van der Waals surface area (Å²) >= 11 is 1.44. The number of ether oxygens (including phenoxy) is 1. The monoisotopic (exact) mass is 473 g/mol. The molecule has 11 heteroatoms. The van der Waals surface area contributed by atoms with Gasteiger partial charge in [-0.25, -0.2) is 28.0 Å². The van der Waals surface area contributed by atoms with Crippen LogP contribution < -0.4 is 4.74 Å². The van der Waals surface area contributed by atoms with E-state index in [-0.39, 0.29) is 18.8 Å². The molecule has 170 valence electrons. The second kappa shape index (κ2) is 8.47. The number of nitrogens with zero attached hydrogens (tertiary/aromatic N) is 5. The van der Waals surface area contributed by atoms with Gasteiger partial charge in [-0.2, -0.15) is 5.10 Å². The number of halogens is 3. The van der Waals surface area contributed by atoms with Crippen LogP contribution in [0.25, 0.3) is 10.6 Å². The third kappa shape index (κ3) is 4.28. The summed E-state index contributed by atoms with van der Waals surface area (Å²) in [7, 11) is 0. The van der Waals surface area contributed by atoms with Gasteiger partial charge >= 0.3 is 6.03 Å². The lowest BCUT2D eigenvalue weighted by Crippen LogP contribution is -2.58. The van der Waals surface area contributed by atoms with Gasteiger partial charge in [0.2, 0.25) is 0 Å². The first kappa shape index (κ1) is 21.4. The Morgan fingerprint density at radius 2 is 1.85 bits per heavy atom. The van der Waals surface area contributed by atoms with E-state index in [2.05, 4.69) is 15.1 Å². The summed E-state index contributed by atoms with van der Waals surface area (Å²) < 4.78 is 47.3. The summed E-state index contributed by atoms with van der Waals surface area (Å²) in [6.07, 6.45) is 4.26. The molecule has 3 aromatic rings. The number of aryl methyl sites for hydroxylation is 1. The quantitative estimate of drug-likeness (QED) is 0.558. The molecule has 7 nitrogen and oxygen atoms in total. The minimum atomic E-state index is -0.714. The van der Waals surface area contributed by atoms with Crippen molar-refractivity contribution in [2.75, 3.05) is 13.1 Å². The van der Waals surface area contributed by atoms with Gasteiger partial charge in [0.05, 0.1) is 40.9 Å². The van der Waals surface area contributed by atoms with E-state index in [4.69, 9.17) is 4.74 Å². The number of benzene rings is 1. The van der Waals surface area contributed by atoms with Crippen LogP contribution in [0.4, 0.5) is 18.0 Å². The highest BCUT2D eigenvalue weighted by Gasteiger charge is 2.39. The topological polar surface area (TPSA) is 70.9 Å². The number of thiazole rings is 1. The smallest absolute Gasteiger partial charge is 0.341 e. The van der Waals surface area contributed by atoms with Crippen LogP contribution in [-0.2, 0) is 0 Å². The Bertz CT molecular complexity index is 1220. The van der Waals surface area contributed by atoms with E-state index in [0.717, 1.165) is 22.1 Å². The molecule has 0 N–H and O–H groups in total. The first-order valence-corrected chi connectivity index (χ1v) is 11.0. The van der Waals surface area contributed by atoms with E-state index in [0.29, 0.717) is 17.7 Å². The Kier molecular flexibility index (Phi) is 5.49. The highest BCUT2D eigenvalue weighted by atomic mass is 32.1. The molecule has 0 radical (unpaired) electrons. The van der Waals surface area contributed by atoms with Crippen LogP contribution >= 0.6 is 11.3 Å². The van der Waals surface area contributed by atoms with Gasteiger partial charge in [0.15, 0.2) is 11.6 Å². The molecular weight excluding hydrogens is 455 g/mol. The van der Waals surface area contributed by atoms with Gasteiger partial charge in [-0.3, -0.25) is 4.98 Å². The lowest BCUT2D eigenvalue weighted by Gasteiger charge is -2.41. The molecule has 0 spiro atoms. The van der Waals surface area contributed by atoms with Crippen LogP contribution in [0, 0.1) is 24.4 Å². The lowest BCUT2D eigenvalue weighted by atomic mass is 10.0. The fourth-order valence-electron chi connectivity index (χ4n) is 3.76. The Labute approximate surface area is 191 Å². The number of carbonyl (C=O) groups is 1. The number of hydrazone groups is 1. The third-order valence-electron chi connectivity index (χ3n) is 5.40. The molecule has 2 amide bonds. The Morgan fingerprint density at radius 3 is 2.55 bits per heavy atom. The summed E-state index contributed by atoms with van der Waals surface area (Å²) in [5, 5.41) is 6.17. The van der Waals surface area contributed by atoms with Crippen molar-refractivity contribution in [1.29, 1.82) is 0 Å². The third-order valence-corrected chi connectivity index (χ3v) is 6.34. The highest BCUT2D eigenvalue weighted by Crippen LogP contribution is 2.33. The van der Waals surface area contributed by atoms with E-state index < -0.39 is 35.6 Å². The molecule has 2 aliphatic rings. The second-order valence-corrected chi connectivity index (χ2v) is 9.00. The average molecular weight is 473 g/mol. The summed E-state index contributed by atoms with van der Waals surface area (Å²) in [5.41, 5.74) is 0.886. The van der Waals surface area contributed by atoms with E-state index in [1.165, 1.54) is 45.7 Å². The van der Waals surface area contributed by atoms with E-state index in [9.17, 15) is 18.0 Å². The standard InChI is InChI=1S/C22H18F3N5O2S/c1-12-26-9-21(33-12)18-7-20(17(25)8-27-18)32-16-10-29(11-16)22(31)30-19(2-3-28-30)13-4-14(23)6-15(24)5-13/h3-9,16,19H,2,10-11H2,1H3. The molecule has 1 aromatic carbocycles. The van der Waals surface area contributed by atoms with Crippen molar-refractivity contribution < 1.29 is 22.7 Å². The number of amides is 2. The maximum absolute atomic E-state index is 14.2. The fourth-order valence-corrected chi connectivity index (χ4v) is 4.51.